The SMILES string of the molecule is COc1ccc([Si](C)(C)[C@@H]2[C@@H](CCO)O[C@]3(C(=O)N(Cc4cccc(N(C=O)c5ccccc5)c4)c4ccc(N(C=O)c5ccccc5)cc43)[C@H]2C)cc1. The number of para-hydroxylation sites is 2. The van der Waals surface area contributed by atoms with Gasteiger partial charge in [-0.2, -0.15) is 0 Å². The monoisotopic (exact) mass is 739 g/mol. The molecule has 54 heavy (non-hydrogen) atoms. The first kappa shape index (κ1) is 36.8. The highest BCUT2D eigenvalue weighted by Crippen LogP contribution is 2.60. The standard InChI is InChI=1S/C44H45N3O6Si/c1-31-42(54(3,4)38-21-19-37(52-2)20-22-38)41(24-25-48)53-44(31)39-27-36(47(30-50)34-15-9-6-10-16-34)18-23-40(39)45(43(44)51)28-32-12-11-17-35(26-32)46(29-49)33-13-7-5-8-14-33/h5-23,26-27,29-31,41-42,48H,24-25,28H2,1-4H3/t31-,41+,42-,44+/m0/s1. The van der Waals surface area contributed by atoms with Gasteiger partial charge in [0, 0.05) is 40.8 Å². The van der Waals surface area contributed by atoms with Crippen LogP contribution in [0.2, 0.25) is 18.6 Å². The number of nitrogens with zero attached hydrogens (tertiary/aromatic N) is 3. The van der Waals surface area contributed by atoms with Crippen LogP contribution in [-0.4, -0.2) is 51.7 Å². The smallest absolute Gasteiger partial charge is 0.264 e. The Morgan fingerprint density at radius 3 is 1.96 bits per heavy atom. The molecule has 3 amide bonds. The summed E-state index contributed by atoms with van der Waals surface area (Å²) in [7, 11) is -0.756. The van der Waals surface area contributed by atoms with Gasteiger partial charge >= 0.3 is 0 Å². The summed E-state index contributed by atoms with van der Waals surface area (Å²) in [5.41, 5.74) is 3.51. The molecule has 1 saturated heterocycles. The zero-order valence-electron chi connectivity index (χ0n) is 31.0. The second-order valence-electron chi connectivity index (χ2n) is 14.6. The van der Waals surface area contributed by atoms with Gasteiger partial charge in [0.05, 0.1) is 33.5 Å². The molecule has 5 aromatic rings. The number of amides is 3. The molecule has 0 saturated carbocycles. The second kappa shape index (κ2) is 15.1. The highest BCUT2D eigenvalue weighted by atomic mass is 28.3. The molecule has 2 aliphatic rings. The molecule has 9 nitrogen and oxygen atoms in total. The fourth-order valence-electron chi connectivity index (χ4n) is 8.71. The minimum absolute atomic E-state index is 0.0508. The summed E-state index contributed by atoms with van der Waals surface area (Å²) in [5, 5.41) is 11.6. The number of benzene rings is 5. The van der Waals surface area contributed by atoms with Crippen LogP contribution in [0.15, 0.2) is 127 Å². The molecular weight excluding hydrogens is 695 g/mol. The van der Waals surface area contributed by atoms with Crippen molar-refractivity contribution in [2.75, 3.05) is 28.4 Å². The Labute approximate surface area is 317 Å². The zero-order valence-corrected chi connectivity index (χ0v) is 32.0. The predicted molar refractivity (Wildman–Crippen MR) is 215 cm³/mol. The van der Waals surface area contributed by atoms with E-state index in [0.29, 0.717) is 34.7 Å². The van der Waals surface area contributed by atoms with Gasteiger partial charge < -0.3 is 19.5 Å². The molecule has 10 heteroatoms. The van der Waals surface area contributed by atoms with Crippen LogP contribution in [0.25, 0.3) is 0 Å². The van der Waals surface area contributed by atoms with Crippen LogP contribution in [0.3, 0.4) is 0 Å². The fraction of sp³-hybridized carbons (Fsp3) is 0.250. The third-order valence-electron chi connectivity index (χ3n) is 11.3. The van der Waals surface area contributed by atoms with E-state index in [1.54, 1.807) is 21.8 Å². The van der Waals surface area contributed by atoms with Gasteiger partial charge in [-0.15, -0.1) is 0 Å². The van der Waals surface area contributed by atoms with Crippen LogP contribution in [0.4, 0.5) is 28.4 Å². The first-order valence-corrected chi connectivity index (χ1v) is 21.3. The second-order valence-corrected chi connectivity index (χ2v) is 19.2. The Morgan fingerprint density at radius 1 is 0.796 bits per heavy atom. The van der Waals surface area contributed by atoms with Crippen molar-refractivity contribution in [3.05, 3.63) is 139 Å². The van der Waals surface area contributed by atoms with Crippen LogP contribution < -0.4 is 24.6 Å². The van der Waals surface area contributed by atoms with E-state index in [1.807, 2.05) is 115 Å². The van der Waals surface area contributed by atoms with Crippen molar-refractivity contribution in [2.24, 2.45) is 5.92 Å². The number of aliphatic hydroxyl groups excluding tert-OH is 1. The lowest BCUT2D eigenvalue weighted by atomic mass is 9.82. The van der Waals surface area contributed by atoms with E-state index >= 15 is 4.79 Å². The molecule has 2 aliphatic heterocycles. The van der Waals surface area contributed by atoms with Gasteiger partial charge in [-0.3, -0.25) is 24.2 Å². The lowest BCUT2D eigenvalue weighted by molar-refractivity contribution is -0.146. The normalized spacial score (nSPS) is 20.5. The van der Waals surface area contributed by atoms with Gasteiger partial charge in [-0.05, 0) is 84.3 Å². The number of aliphatic hydroxyl groups is 1. The molecule has 0 bridgehead atoms. The fourth-order valence-corrected chi connectivity index (χ4v) is 12.8. The molecule has 0 aromatic heterocycles. The van der Waals surface area contributed by atoms with Crippen molar-refractivity contribution in [1.82, 2.24) is 0 Å². The average molecular weight is 740 g/mol. The van der Waals surface area contributed by atoms with E-state index < -0.39 is 19.8 Å². The van der Waals surface area contributed by atoms with Crippen LogP contribution in [0.5, 0.6) is 5.75 Å². The van der Waals surface area contributed by atoms with Crippen molar-refractivity contribution >= 4 is 60.4 Å². The topological polar surface area (TPSA) is 99.6 Å². The first-order valence-electron chi connectivity index (χ1n) is 18.3. The Bertz CT molecular complexity index is 2130. The number of hydrogen-bond acceptors (Lipinski definition) is 6. The number of carbonyl (C=O) groups excluding carboxylic acids is 3. The first-order chi connectivity index (χ1) is 26.2. The molecule has 1 fully saturated rings. The van der Waals surface area contributed by atoms with E-state index in [1.165, 1.54) is 5.19 Å². The van der Waals surface area contributed by atoms with Gasteiger partial charge in [0.25, 0.3) is 5.91 Å². The Balaban J connectivity index is 1.34. The molecular formula is C44H45N3O6Si. The number of methoxy groups -OCH3 is 1. The maximum Gasteiger partial charge on any atom is 0.264 e. The molecule has 5 aromatic carbocycles. The Kier molecular flexibility index (Phi) is 10.3. The molecule has 0 aliphatic carbocycles. The van der Waals surface area contributed by atoms with Gasteiger partial charge in [0.1, 0.15) is 5.75 Å². The molecule has 1 spiro atoms. The molecule has 4 atom stereocenters. The van der Waals surface area contributed by atoms with Crippen LogP contribution >= 0.6 is 0 Å². The van der Waals surface area contributed by atoms with Crippen molar-refractivity contribution in [3.63, 3.8) is 0 Å². The quantitative estimate of drug-likeness (QED) is 0.0997. The number of anilines is 5. The minimum Gasteiger partial charge on any atom is -0.497 e. The zero-order chi connectivity index (χ0) is 38.0. The van der Waals surface area contributed by atoms with Gasteiger partial charge in [-0.25, -0.2) is 0 Å². The Morgan fingerprint density at radius 2 is 1.39 bits per heavy atom. The van der Waals surface area contributed by atoms with Gasteiger partial charge in [0.2, 0.25) is 12.8 Å². The summed E-state index contributed by atoms with van der Waals surface area (Å²) < 4.78 is 12.6. The number of ether oxygens (including phenoxy) is 2. The summed E-state index contributed by atoms with van der Waals surface area (Å²) in [6.07, 6.45) is 1.54. The lowest BCUT2D eigenvalue weighted by Gasteiger charge is -2.37. The predicted octanol–water partition coefficient (Wildman–Crippen LogP) is 7.43. The molecule has 1 N–H and O–H groups in total. The molecule has 0 unspecified atom stereocenters. The minimum atomic E-state index is -2.41. The van der Waals surface area contributed by atoms with Gasteiger partial charge in [-0.1, -0.05) is 85.9 Å². The van der Waals surface area contributed by atoms with Crippen molar-refractivity contribution in [3.8, 4) is 5.75 Å². The van der Waals surface area contributed by atoms with E-state index in [-0.39, 0.29) is 30.5 Å². The van der Waals surface area contributed by atoms with E-state index in [4.69, 9.17) is 9.47 Å². The lowest BCUT2D eigenvalue weighted by Crippen LogP contribution is -2.51. The van der Waals surface area contributed by atoms with Crippen molar-refractivity contribution in [1.29, 1.82) is 0 Å². The third kappa shape index (κ3) is 6.30. The summed E-state index contributed by atoms with van der Waals surface area (Å²) in [6.45, 7) is 6.85. The summed E-state index contributed by atoms with van der Waals surface area (Å²) >= 11 is 0. The van der Waals surface area contributed by atoms with E-state index in [9.17, 15) is 14.7 Å². The summed E-state index contributed by atoms with van der Waals surface area (Å²) in [4.78, 5) is 45.2. The molecule has 0 radical (unpaired) electrons. The van der Waals surface area contributed by atoms with E-state index in [2.05, 4.69) is 32.2 Å². The number of fused-ring (bicyclic) bond motifs is 2. The number of rotatable bonds is 13. The molecule has 2 heterocycles. The van der Waals surface area contributed by atoms with Crippen LogP contribution in [0, 0.1) is 5.92 Å². The average Bonchev–Trinajstić information content (AvgIpc) is 3.62. The van der Waals surface area contributed by atoms with Crippen LogP contribution in [-0.2, 0) is 31.3 Å². The largest absolute Gasteiger partial charge is 0.497 e. The number of carbonyl (C=O) groups is 3. The maximum absolute atomic E-state index is 15.3. The van der Waals surface area contributed by atoms with Crippen molar-refractivity contribution in [2.45, 2.75) is 50.2 Å². The Hall–Kier alpha value is -5.55. The van der Waals surface area contributed by atoms with Gasteiger partial charge in [0.15, 0.2) is 5.60 Å². The van der Waals surface area contributed by atoms with Crippen LogP contribution in [0.1, 0.15) is 24.5 Å². The number of hydrogen-bond donors (Lipinski definition) is 1. The molecule has 7 rings (SSSR count). The summed E-state index contributed by atoms with van der Waals surface area (Å²) in [6, 6.07) is 40.3. The molecule has 276 valence electrons. The third-order valence-corrected chi connectivity index (χ3v) is 15.7. The van der Waals surface area contributed by atoms with Crippen molar-refractivity contribution < 1.29 is 29.0 Å². The highest BCUT2D eigenvalue weighted by Gasteiger charge is 2.66. The maximum atomic E-state index is 15.3. The summed E-state index contributed by atoms with van der Waals surface area (Å²) in [5.74, 6) is 0.291. The van der Waals surface area contributed by atoms with E-state index in [0.717, 1.165) is 29.8 Å². The highest BCUT2D eigenvalue weighted by molar-refractivity contribution is 6.91.